The van der Waals surface area contributed by atoms with Crippen LogP contribution >= 0.6 is 0 Å². The van der Waals surface area contributed by atoms with Crippen LogP contribution in [0, 0.1) is 0 Å². The summed E-state index contributed by atoms with van der Waals surface area (Å²) in [4.78, 5) is 23.2. The molecule has 1 aliphatic rings. The Kier molecular flexibility index (Phi) is 3.79. The number of carbonyl (C=O) groups excluding carboxylic acids is 1. The maximum absolute atomic E-state index is 12.1. The summed E-state index contributed by atoms with van der Waals surface area (Å²) in [5.74, 6) is 0. The molecular formula is C21H18N6O. The molecule has 0 bridgehead atoms. The van der Waals surface area contributed by atoms with Gasteiger partial charge in [0.05, 0.1) is 22.6 Å². The Labute approximate surface area is 161 Å². The summed E-state index contributed by atoms with van der Waals surface area (Å²) in [5.41, 5.74) is 5.27. The second kappa shape index (κ2) is 6.45. The van der Waals surface area contributed by atoms with Gasteiger partial charge in [-0.25, -0.2) is 9.78 Å². The fourth-order valence-electron chi connectivity index (χ4n) is 3.59. The Balaban J connectivity index is 1.75. The first-order valence-electron chi connectivity index (χ1n) is 9.11. The summed E-state index contributed by atoms with van der Waals surface area (Å²) in [6, 6.07) is 15.7. The van der Waals surface area contributed by atoms with E-state index in [1.165, 1.54) is 0 Å². The number of urea groups is 1. The Morgan fingerprint density at radius 2 is 1.96 bits per heavy atom. The van der Waals surface area contributed by atoms with Crippen molar-refractivity contribution in [3.63, 3.8) is 0 Å². The monoisotopic (exact) mass is 370 g/mol. The molecule has 5 rings (SSSR count). The van der Waals surface area contributed by atoms with Crippen molar-refractivity contribution in [1.29, 1.82) is 0 Å². The van der Waals surface area contributed by atoms with E-state index in [-0.39, 0.29) is 6.03 Å². The molecule has 28 heavy (non-hydrogen) atoms. The first-order chi connectivity index (χ1) is 13.7. The molecule has 3 aromatic heterocycles. The number of carbonyl (C=O) groups is 1. The smallest absolute Gasteiger partial charge is 0.321 e. The lowest BCUT2D eigenvalue weighted by molar-refractivity contribution is 0.252. The van der Waals surface area contributed by atoms with Gasteiger partial charge in [0, 0.05) is 49.2 Å². The summed E-state index contributed by atoms with van der Waals surface area (Å²) in [7, 11) is 1.90. The van der Waals surface area contributed by atoms with Gasteiger partial charge in [-0.3, -0.25) is 14.6 Å². The van der Waals surface area contributed by atoms with Gasteiger partial charge in [0.2, 0.25) is 0 Å². The van der Waals surface area contributed by atoms with E-state index < -0.39 is 0 Å². The zero-order chi connectivity index (χ0) is 19.1. The molecular weight excluding hydrogens is 352 g/mol. The molecule has 0 spiro atoms. The minimum absolute atomic E-state index is 0.0768. The van der Waals surface area contributed by atoms with Gasteiger partial charge in [-0.15, -0.1) is 0 Å². The summed E-state index contributed by atoms with van der Waals surface area (Å²) < 4.78 is 1.80. The van der Waals surface area contributed by atoms with E-state index >= 15 is 0 Å². The van der Waals surface area contributed by atoms with Gasteiger partial charge in [0.15, 0.2) is 0 Å². The number of hydrogen-bond donors (Lipinski definition) is 1. The molecule has 2 amide bonds. The summed E-state index contributed by atoms with van der Waals surface area (Å²) in [6.07, 6.45) is 3.54. The standard InChI is InChI=1S/C21H18N6O/c1-26-20(7-9-24-26)19-13-16(17-4-2-3-8-22-17)15-6-5-14(12-18(15)25-19)27-11-10-23-21(27)28/h2-9,12-13H,10-11H2,1H3,(H,23,28). The average Bonchev–Trinajstić information content (AvgIpc) is 3.35. The normalized spacial score (nSPS) is 13.9. The number of benzene rings is 1. The summed E-state index contributed by atoms with van der Waals surface area (Å²) in [6.45, 7) is 1.30. The molecule has 1 fully saturated rings. The zero-order valence-electron chi connectivity index (χ0n) is 15.3. The van der Waals surface area contributed by atoms with Crippen LogP contribution in [0.3, 0.4) is 0 Å². The van der Waals surface area contributed by atoms with Gasteiger partial charge >= 0.3 is 6.03 Å². The molecule has 0 aliphatic carbocycles. The SMILES string of the molecule is Cn1nccc1-c1cc(-c2ccccn2)c2ccc(N3CCNC3=O)cc2n1. The Morgan fingerprint density at radius 3 is 2.68 bits per heavy atom. The van der Waals surface area contributed by atoms with Crippen molar-refractivity contribution in [2.45, 2.75) is 0 Å². The van der Waals surface area contributed by atoms with Crippen LogP contribution in [-0.4, -0.2) is 38.9 Å². The topological polar surface area (TPSA) is 75.9 Å². The molecule has 1 saturated heterocycles. The minimum Gasteiger partial charge on any atom is -0.336 e. The molecule has 0 atom stereocenters. The Bertz CT molecular complexity index is 1180. The lowest BCUT2D eigenvalue weighted by atomic mass is 10.0. The largest absolute Gasteiger partial charge is 0.336 e. The van der Waals surface area contributed by atoms with E-state index in [1.54, 1.807) is 22.0 Å². The van der Waals surface area contributed by atoms with Gasteiger partial charge in [-0.2, -0.15) is 5.10 Å². The highest BCUT2D eigenvalue weighted by Gasteiger charge is 2.22. The van der Waals surface area contributed by atoms with Gasteiger partial charge in [0.25, 0.3) is 0 Å². The number of nitrogens with zero attached hydrogens (tertiary/aromatic N) is 5. The molecule has 0 radical (unpaired) electrons. The van der Waals surface area contributed by atoms with E-state index in [0.29, 0.717) is 13.1 Å². The van der Waals surface area contributed by atoms with E-state index in [1.807, 2.05) is 55.6 Å². The number of rotatable bonds is 3. The van der Waals surface area contributed by atoms with Crippen LogP contribution in [0.5, 0.6) is 0 Å². The highest BCUT2D eigenvalue weighted by molar-refractivity contribution is 6.00. The van der Waals surface area contributed by atoms with Crippen LogP contribution in [-0.2, 0) is 7.05 Å². The van der Waals surface area contributed by atoms with E-state index in [9.17, 15) is 4.79 Å². The van der Waals surface area contributed by atoms with Crippen molar-refractivity contribution in [2.75, 3.05) is 18.0 Å². The molecule has 0 saturated carbocycles. The quantitative estimate of drug-likeness (QED) is 0.601. The van der Waals surface area contributed by atoms with Crippen LogP contribution < -0.4 is 10.2 Å². The summed E-state index contributed by atoms with van der Waals surface area (Å²) in [5, 5.41) is 8.10. The molecule has 1 aliphatic heterocycles. The molecule has 1 N–H and O–H groups in total. The molecule has 138 valence electrons. The Morgan fingerprint density at radius 1 is 1.04 bits per heavy atom. The van der Waals surface area contributed by atoms with Gasteiger partial charge in [-0.1, -0.05) is 12.1 Å². The third kappa shape index (κ3) is 2.68. The van der Waals surface area contributed by atoms with E-state index in [4.69, 9.17) is 4.98 Å². The number of pyridine rings is 2. The first kappa shape index (κ1) is 16.4. The fourth-order valence-corrected chi connectivity index (χ4v) is 3.59. The van der Waals surface area contributed by atoms with E-state index in [0.717, 1.165) is 39.2 Å². The fraction of sp³-hybridized carbons (Fsp3) is 0.143. The Hall–Kier alpha value is -3.74. The number of nitrogens with one attached hydrogen (secondary N) is 1. The van der Waals surface area contributed by atoms with Gasteiger partial charge < -0.3 is 5.32 Å². The van der Waals surface area contributed by atoms with Crippen LogP contribution in [0.4, 0.5) is 10.5 Å². The maximum Gasteiger partial charge on any atom is 0.321 e. The predicted octanol–water partition coefficient (Wildman–Crippen LogP) is 3.23. The molecule has 7 nitrogen and oxygen atoms in total. The predicted molar refractivity (Wildman–Crippen MR) is 108 cm³/mol. The van der Waals surface area contributed by atoms with Crippen LogP contribution in [0.1, 0.15) is 0 Å². The van der Waals surface area contributed by atoms with Crippen molar-refractivity contribution < 1.29 is 4.79 Å². The average molecular weight is 370 g/mol. The highest BCUT2D eigenvalue weighted by atomic mass is 16.2. The second-order valence-electron chi connectivity index (χ2n) is 6.70. The van der Waals surface area contributed by atoms with E-state index in [2.05, 4.69) is 15.4 Å². The van der Waals surface area contributed by atoms with Crippen LogP contribution in [0.25, 0.3) is 33.5 Å². The second-order valence-corrected chi connectivity index (χ2v) is 6.70. The van der Waals surface area contributed by atoms with Crippen molar-refractivity contribution >= 4 is 22.6 Å². The number of anilines is 1. The van der Waals surface area contributed by atoms with Crippen molar-refractivity contribution in [2.24, 2.45) is 7.05 Å². The molecule has 0 unspecified atom stereocenters. The van der Waals surface area contributed by atoms with Gasteiger partial charge in [0.1, 0.15) is 0 Å². The van der Waals surface area contributed by atoms with Crippen molar-refractivity contribution in [3.8, 4) is 22.6 Å². The van der Waals surface area contributed by atoms with Crippen LogP contribution in [0.2, 0.25) is 0 Å². The third-order valence-electron chi connectivity index (χ3n) is 4.99. The minimum atomic E-state index is -0.0768. The lowest BCUT2D eigenvalue weighted by Gasteiger charge is -2.16. The molecule has 7 heteroatoms. The third-order valence-corrected chi connectivity index (χ3v) is 4.99. The lowest BCUT2D eigenvalue weighted by Crippen LogP contribution is -2.27. The number of aryl methyl sites for hydroxylation is 1. The first-order valence-corrected chi connectivity index (χ1v) is 9.11. The number of aromatic nitrogens is 4. The molecule has 4 aromatic rings. The number of fused-ring (bicyclic) bond motifs is 1. The molecule has 4 heterocycles. The van der Waals surface area contributed by atoms with Crippen LogP contribution in [0.15, 0.2) is 60.9 Å². The van der Waals surface area contributed by atoms with Crippen molar-refractivity contribution in [3.05, 3.63) is 60.9 Å². The zero-order valence-corrected chi connectivity index (χ0v) is 15.3. The van der Waals surface area contributed by atoms with Crippen molar-refractivity contribution in [1.82, 2.24) is 25.1 Å². The number of hydrogen-bond acceptors (Lipinski definition) is 4. The number of amides is 2. The maximum atomic E-state index is 12.1. The highest BCUT2D eigenvalue weighted by Crippen LogP contribution is 2.33. The summed E-state index contributed by atoms with van der Waals surface area (Å²) >= 11 is 0. The van der Waals surface area contributed by atoms with Gasteiger partial charge in [-0.05, 0) is 36.4 Å². The molecule has 1 aromatic carbocycles.